The van der Waals surface area contributed by atoms with Crippen molar-refractivity contribution >= 4 is 17.7 Å². The average Bonchev–Trinajstić information content (AvgIpc) is 2.75. The number of hydrogen-bond donors (Lipinski definition) is 1. The third kappa shape index (κ3) is 5.88. The van der Waals surface area contributed by atoms with Gasteiger partial charge in [0.1, 0.15) is 17.1 Å². The van der Waals surface area contributed by atoms with Crippen LogP contribution in [-0.4, -0.2) is 17.7 Å². The van der Waals surface area contributed by atoms with Gasteiger partial charge in [0.25, 0.3) is 0 Å². The molecule has 0 saturated heterocycles. The van der Waals surface area contributed by atoms with Crippen LogP contribution in [0.25, 0.3) is 11.1 Å². The molecule has 172 valence electrons. The number of hydrogen-bond acceptors (Lipinski definition) is 3. The molecular weight excluding hydrogens is 434 g/mol. The van der Waals surface area contributed by atoms with Crippen molar-refractivity contribution in [2.75, 3.05) is 0 Å². The molecule has 0 radical (unpaired) electrons. The summed E-state index contributed by atoms with van der Waals surface area (Å²) in [6, 6.07) is 22.1. The Morgan fingerprint density at radius 2 is 1.70 bits per heavy atom. The van der Waals surface area contributed by atoms with Crippen LogP contribution >= 0.6 is 11.6 Å². The summed E-state index contributed by atoms with van der Waals surface area (Å²) in [4.78, 5) is 12.3. The minimum atomic E-state index is -0.512. The minimum Gasteiger partial charge on any atom is -0.457 e. The number of carbonyl (C=O) groups excluding carboxylic acids is 1. The summed E-state index contributed by atoms with van der Waals surface area (Å²) in [6.07, 6.45) is 1.43. The summed E-state index contributed by atoms with van der Waals surface area (Å²) in [5.41, 5.74) is 4.14. The average molecular weight is 464 g/mol. The lowest BCUT2D eigenvalue weighted by Crippen LogP contribution is -2.43. The number of carbonyl (C=O) groups is 1. The second-order valence-electron chi connectivity index (χ2n) is 9.58. The van der Waals surface area contributed by atoms with Crippen LogP contribution in [-0.2, 0) is 11.2 Å². The number of fused-ring (bicyclic) bond motifs is 1. The van der Waals surface area contributed by atoms with E-state index in [9.17, 15) is 4.79 Å². The smallest absolute Gasteiger partial charge is 0.407 e. The van der Waals surface area contributed by atoms with Crippen molar-refractivity contribution in [1.29, 1.82) is 0 Å². The van der Waals surface area contributed by atoms with Gasteiger partial charge >= 0.3 is 6.09 Å². The molecule has 0 aliphatic heterocycles. The maximum absolute atomic E-state index is 12.3. The van der Waals surface area contributed by atoms with Crippen molar-refractivity contribution in [2.24, 2.45) is 0 Å². The first-order chi connectivity index (χ1) is 15.7. The topological polar surface area (TPSA) is 47.6 Å². The van der Waals surface area contributed by atoms with Gasteiger partial charge in [-0.25, -0.2) is 4.79 Å². The molecule has 1 aliphatic carbocycles. The van der Waals surface area contributed by atoms with E-state index in [0.29, 0.717) is 5.02 Å². The Labute approximate surface area is 200 Å². The molecule has 2 unspecified atom stereocenters. The van der Waals surface area contributed by atoms with E-state index in [0.717, 1.165) is 35.5 Å². The molecule has 4 rings (SSSR count). The molecular formula is C28H30ClNO3. The Morgan fingerprint density at radius 3 is 2.42 bits per heavy atom. The third-order valence-electron chi connectivity index (χ3n) is 5.89. The van der Waals surface area contributed by atoms with Gasteiger partial charge in [-0.3, -0.25) is 0 Å². The van der Waals surface area contributed by atoms with E-state index in [-0.39, 0.29) is 18.1 Å². The van der Waals surface area contributed by atoms with Gasteiger partial charge < -0.3 is 14.8 Å². The van der Waals surface area contributed by atoms with E-state index >= 15 is 0 Å². The molecule has 1 N–H and O–H groups in total. The Bertz CT molecular complexity index is 1130. The van der Waals surface area contributed by atoms with Crippen LogP contribution < -0.4 is 10.1 Å². The second-order valence-corrected chi connectivity index (χ2v) is 10.0. The van der Waals surface area contributed by atoms with Crippen LogP contribution in [0.3, 0.4) is 0 Å². The summed E-state index contributed by atoms with van der Waals surface area (Å²) in [6.45, 7) is 7.76. The van der Waals surface area contributed by atoms with E-state index in [2.05, 4.69) is 30.4 Å². The number of aryl methyl sites for hydroxylation is 1. The number of benzene rings is 3. The Kier molecular flexibility index (Phi) is 6.66. The molecule has 3 aromatic carbocycles. The first-order valence-electron chi connectivity index (χ1n) is 11.3. The zero-order valence-electron chi connectivity index (χ0n) is 19.5. The number of nitrogens with one attached hydrogen (secondary N) is 1. The van der Waals surface area contributed by atoms with Crippen molar-refractivity contribution < 1.29 is 14.3 Å². The number of alkyl carbamates (subject to hydrolysis) is 1. The molecule has 33 heavy (non-hydrogen) atoms. The highest BCUT2D eigenvalue weighted by molar-refractivity contribution is 6.30. The second kappa shape index (κ2) is 9.48. The van der Waals surface area contributed by atoms with E-state index in [1.54, 1.807) is 0 Å². The summed E-state index contributed by atoms with van der Waals surface area (Å²) in [7, 11) is 0. The monoisotopic (exact) mass is 463 g/mol. The van der Waals surface area contributed by atoms with Gasteiger partial charge in [0.2, 0.25) is 0 Å². The quantitative estimate of drug-likeness (QED) is 0.430. The van der Waals surface area contributed by atoms with Crippen LogP contribution in [0.2, 0.25) is 5.02 Å². The molecule has 0 aromatic heterocycles. The van der Waals surface area contributed by atoms with Gasteiger partial charge in [0, 0.05) is 17.0 Å². The number of rotatable bonds is 4. The Morgan fingerprint density at radius 1 is 0.970 bits per heavy atom. The molecule has 4 nitrogen and oxygen atoms in total. The lowest BCUT2D eigenvalue weighted by atomic mass is 9.80. The predicted molar refractivity (Wildman–Crippen MR) is 133 cm³/mol. The van der Waals surface area contributed by atoms with Gasteiger partial charge in [-0.15, -0.1) is 0 Å². The molecule has 1 aliphatic rings. The molecule has 1 amide bonds. The summed E-state index contributed by atoms with van der Waals surface area (Å²) in [5.74, 6) is 1.71. The van der Waals surface area contributed by atoms with Crippen molar-refractivity contribution in [3.63, 3.8) is 0 Å². The highest BCUT2D eigenvalue weighted by atomic mass is 35.5. The fraction of sp³-hybridized carbons (Fsp3) is 0.321. The molecule has 0 spiro atoms. The molecule has 0 fully saturated rings. The van der Waals surface area contributed by atoms with Crippen LogP contribution in [0.5, 0.6) is 11.5 Å². The highest BCUT2D eigenvalue weighted by Crippen LogP contribution is 2.36. The van der Waals surface area contributed by atoms with Crippen LogP contribution in [0.15, 0.2) is 66.7 Å². The standard InChI is InChI=1S/C28H30ClNO3/c1-18-25-17-24(14-10-20(25)11-15-26(18)30-27(31)33-28(2,3)4)32-23-7-5-6-21(16-23)19-8-12-22(29)13-9-19/h5-10,12-14,16-18,26H,11,15H2,1-4H3,(H,30,31). The van der Waals surface area contributed by atoms with E-state index in [1.165, 1.54) is 11.1 Å². The largest absolute Gasteiger partial charge is 0.457 e. The lowest BCUT2D eigenvalue weighted by Gasteiger charge is -2.33. The zero-order chi connectivity index (χ0) is 23.6. The maximum Gasteiger partial charge on any atom is 0.407 e. The highest BCUT2D eigenvalue weighted by Gasteiger charge is 2.29. The van der Waals surface area contributed by atoms with E-state index in [4.69, 9.17) is 21.1 Å². The zero-order valence-corrected chi connectivity index (χ0v) is 20.3. The predicted octanol–water partition coefficient (Wildman–Crippen LogP) is 7.74. The van der Waals surface area contributed by atoms with Gasteiger partial charge in [-0.2, -0.15) is 0 Å². The Balaban J connectivity index is 1.50. The number of halogens is 1. The summed E-state index contributed by atoms with van der Waals surface area (Å²) < 4.78 is 11.7. The summed E-state index contributed by atoms with van der Waals surface area (Å²) in [5, 5.41) is 3.77. The fourth-order valence-corrected chi connectivity index (χ4v) is 4.37. The normalized spacial score (nSPS) is 17.7. The molecule has 5 heteroatoms. The van der Waals surface area contributed by atoms with Crippen molar-refractivity contribution in [1.82, 2.24) is 5.32 Å². The number of ether oxygens (including phenoxy) is 2. The fourth-order valence-electron chi connectivity index (χ4n) is 4.24. The maximum atomic E-state index is 12.3. The molecule has 2 atom stereocenters. The first-order valence-corrected chi connectivity index (χ1v) is 11.7. The lowest BCUT2D eigenvalue weighted by molar-refractivity contribution is 0.0493. The van der Waals surface area contributed by atoms with Gasteiger partial charge in [-0.05, 0) is 92.3 Å². The minimum absolute atomic E-state index is 0.0239. The van der Waals surface area contributed by atoms with E-state index in [1.807, 2.05) is 69.3 Å². The molecule has 0 heterocycles. The van der Waals surface area contributed by atoms with Crippen molar-refractivity contribution in [3.05, 3.63) is 82.9 Å². The SMILES string of the molecule is CC1c2cc(Oc3cccc(-c4ccc(Cl)cc4)c3)ccc2CCC1NC(=O)OC(C)(C)C. The number of amides is 1. The van der Waals surface area contributed by atoms with Crippen LogP contribution in [0, 0.1) is 0 Å². The van der Waals surface area contributed by atoms with Crippen LogP contribution in [0.4, 0.5) is 4.79 Å². The molecule has 0 saturated carbocycles. The van der Waals surface area contributed by atoms with Gasteiger partial charge in [-0.1, -0.05) is 48.9 Å². The first kappa shape index (κ1) is 23.2. The van der Waals surface area contributed by atoms with E-state index < -0.39 is 5.60 Å². The van der Waals surface area contributed by atoms with Crippen LogP contribution in [0.1, 0.15) is 51.2 Å². The molecule has 0 bridgehead atoms. The van der Waals surface area contributed by atoms with Gasteiger partial charge in [0.05, 0.1) is 0 Å². The Hall–Kier alpha value is -2.98. The summed E-state index contributed by atoms with van der Waals surface area (Å²) >= 11 is 6.02. The van der Waals surface area contributed by atoms with Gasteiger partial charge in [0.15, 0.2) is 0 Å². The van der Waals surface area contributed by atoms with Crippen molar-refractivity contribution in [3.8, 4) is 22.6 Å². The molecule has 3 aromatic rings. The van der Waals surface area contributed by atoms with Crippen molar-refractivity contribution in [2.45, 2.75) is 58.1 Å². The third-order valence-corrected chi connectivity index (χ3v) is 6.14.